The van der Waals surface area contributed by atoms with Crippen molar-refractivity contribution in [1.82, 2.24) is 14.9 Å². The third kappa shape index (κ3) is 3.44. The number of carbonyl (C=O) groups is 1. The molecule has 2 aromatic rings. The summed E-state index contributed by atoms with van der Waals surface area (Å²) in [6.45, 7) is 4.56. The molecule has 1 unspecified atom stereocenters. The van der Waals surface area contributed by atoms with Gasteiger partial charge in [0, 0.05) is 30.8 Å². The highest BCUT2D eigenvalue weighted by atomic mass is 32.1. The zero-order valence-electron chi connectivity index (χ0n) is 14.2. The third-order valence-corrected chi connectivity index (χ3v) is 5.55. The molecule has 132 valence electrons. The van der Waals surface area contributed by atoms with Gasteiger partial charge in [-0.1, -0.05) is 0 Å². The molecule has 6 nitrogen and oxygen atoms in total. The Morgan fingerprint density at radius 1 is 1.52 bits per heavy atom. The minimum absolute atomic E-state index is 0.00972. The molecule has 2 aliphatic heterocycles. The highest BCUT2D eigenvalue weighted by molar-refractivity contribution is 7.07. The molecule has 1 amide bonds. The largest absolute Gasteiger partial charge is 0.373 e. The second kappa shape index (κ2) is 6.82. The molecule has 25 heavy (non-hydrogen) atoms. The molecule has 0 radical (unpaired) electrons. The Hall–Kier alpha value is -1.83. The zero-order chi connectivity index (χ0) is 17.3. The van der Waals surface area contributed by atoms with E-state index in [9.17, 15) is 4.79 Å². The number of aromatic nitrogens is 2. The van der Waals surface area contributed by atoms with Gasteiger partial charge in [-0.05, 0) is 30.5 Å². The summed E-state index contributed by atoms with van der Waals surface area (Å²) in [5.74, 6) is -0.00972. The number of thiazole rings is 1. The summed E-state index contributed by atoms with van der Waals surface area (Å²) in [5.41, 5.74) is 4.27. The molecule has 0 bridgehead atoms. The lowest BCUT2D eigenvalue weighted by molar-refractivity contribution is -0.188. The van der Waals surface area contributed by atoms with E-state index in [4.69, 9.17) is 9.47 Å². The van der Waals surface area contributed by atoms with Crippen LogP contribution in [0.25, 0.3) is 0 Å². The van der Waals surface area contributed by atoms with Crippen LogP contribution in [0.2, 0.25) is 0 Å². The average Bonchev–Trinajstić information content (AvgIpc) is 3.13. The van der Waals surface area contributed by atoms with Gasteiger partial charge in [0.25, 0.3) is 5.91 Å². The fourth-order valence-corrected chi connectivity index (χ4v) is 4.00. The first kappa shape index (κ1) is 16.6. The molecule has 0 aliphatic carbocycles. The van der Waals surface area contributed by atoms with E-state index < -0.39 is 0 Å². The Morgan fingerprint density at radius 2 is 2.40 bits per heavy atom. The smallest absolute Gasteiger partial charge is 0.273 e. The molecule has 7 heteroatoms. The van der Waals surface area contributed by atoms with Gasteiger partial charge in [-0.3, -0.25) is 9.78 Å². The van der Waals surface area contributed by atoms with Gasteiger partial charge >= 0.3 is 0 Å². The number of amides is 1. The van der Waals surface area contributed by atoms with Crippen molar-refractivity contribution in [2.45, 2.75) is 38.1 Å². The summed E-state index contributed by atoms with van der Waals surface area (Å²) in [7, 11) is 0. The van der Waals surface area contributed by atoms with Crippen LogP contribution in [0.4, 0.5) is 0 Å². The first-order valence-electron chi connectivity index (χ1n) is 8.48. The van der Waals surface area contributed by atoms with Crippen molar-refractivity contribution >= 4 is 17.2 Å². The first-order chi connectivity index (χ1) is 12.2. The minimum atomic E-state index is -0.251. The molecular formula is C18H21N3O3S. The Kier molecular flexibility index (Phi) is 4.54. The molecule has 0 aromatic carbocycles. The van der Waals surface area contributed by atoms with Crippen LogP contribution in [-0.4, -0.2) is 52.2 Å². The summed E-state index contributed by atoms with van der Waals surface area (Å²) >= 11 is 1.44. The summed E-state index contributed by atoms with van der Waals surface area (Å²) in [4.78, 5) is 22.4. The van der Waals surface area contributed by atoms with Crippen LogP contribution in [0.5, 0.6) is 0 Å². The maximum absolute atomic E-state index is 12.3. The number of pyridine rings is 1. The molecule has 0 N–H and O–H groups in total. The van der Waals surface area contributed by atoms with Crippen LogP contribution in [0.1, 0.15) is 34.5 Å². The molecule has 1 spiro atoms. The van der Waals surface area contributed by atoms with Crippen molar-refractivity contribution in [3.8, 4) is 0 Å². The standard InChI is InChI=1S/C18H21N3O3S/c1-13-2-4-19-7-14(13)8-23-15-3-5-24-18(6-15)10-21(11-18)17(22)16-9-25-12-20-16/h2,4,7,9,12,15H,3,5-6,8,10-11H2,1H3. The van der Waals surface area contributed by atoms with Gasteiger partial charge in [-0.2, -0.15) is 0 Å². The molecule has 0 saturated carbocycles. The van der Waals surface area contributed by atoms with Crippen LogP contribution in [0.3, 0.4) is 0 Å². The Morgan fingerprint density at radius 3 is 3.16 bits per heavy atom. The van der Waals surface area contributed by atoms with E-state index in [2.05, 4.69) is 16.9 Å². The monoisotopic (exact) mass is 359 g/mol. The maximum atomic E-state index is 12.3. The maximum Gasteiger partial charge on any atom is 0.273 e. The van der Waals surface area contributed by atoms with Crippen molar-refractivity contribution in [3.63, 3.8) is 0 Å². The van der Waals surface area contributed by atoms with Crippen LogP contribution in [0.15, 0.2) is 29.4 Å². The fourth-order valence-electron chi connectivity index (χ4n) is 3.47. The Labute approximate surface area is 150 Å². The molecule has 1 atom stereocenters. The summed E-state index contributed by atoms with van der Waals surface area (Å²) < 4.78 is 12.1. The zero-order valence-corrected chi connectivity index (χ0v) is 15.0. The molecule has 2 saturated heterocycles. The highest BCUT2D eigenvalue weighted by Crippen LogP contribution is 2.36. The predicted molar refractivity (Wildman–Crippen MR) is 93.5 cm³/mol. The molecule has 4 rings (SSSR count). The van der Waals surface area contributed by atoms with Crippen molar-refractivity contribution < 1.29 is 14.3 Å². The Balaban J connectivity index is 1.32. The lowest BCUT2D eigenvalue weighted by Crippen LogP contribution is -2.67. The van der Waals surface area contributed by atoms with E-state index in [0.717, 1.165) is 18.4 Å². The number of aryl methyl sites for hydroxylation is 1. The summed E-state index contributed by atoms with van der Waals surface area (Å²) in [6.07, 6.45) is 5.53. The average molecular weight is 359 g/mol. The molecular weight excluding hydrogens is 338 g/mol. The lowest BCUT2D eigenvalue weighted by Gasteiger charge is -2.52. The molecule has 2 fully saturated rings. The van der Waals surface area contributed by atoms with Gasteiger partial charge in [0.1, 0.15) is 11.3 Å². The third-order valence-electron chi connectivity index (χ3n) is 4.97. The van der Waals surface area contributed by atoms with Gasteiger partial charge in [-0.25, -0.2) is 4.98 Å². The molecule has 2 aliphatic rings. The van der Waals surface area contributed by atoms with Gasteiger partial charge in [0.15, 0.2) is 0 Å². The Bertz CT molecular complexity index is 744. The number of hydrogen-bond acceptors (Lipinski definition) is 6. The summed E-state index contributed by atoms with van der Waals surface area (Å²) in [5, 5.41) is 1.79. The number of rotatable bonds is 4. The van der Waals surface area contributed by atoms with Gasteiger partial charge in [-0.15, -0.1) is 11.3 Å². The van der Waals surface area contributed by atoms with E-state index >= 15 is 0 Å². The van der Waals surface area contributed by atoms with Crippen molar-refractivity contribution in [1.29, 1.82) is 0 Å². The number of likely N-dealkylation sites (tertiary alicyclic amines) is 1. The van der Waals surface area contributed by atoms with Crippen molar-refractivity contribution in [3.05, 3.63) is 46.2 Å². The summed E-state index contributed by atoms with van der Waals surface area (Å²) in [6, 6.07) is 2.00. The van der Waals surface area contributed by atoms with E-state index in [0.29, 0.717) is 32.0 Å². The van der Waals surface area contributed by atoms with E-state index in [1.807, 2.05) is 17.2 Å². The van der Waals surface area contributed by atoms with E-state index in [1.165, 1.54) is 16.9 Å². The quantitative estimate of drug-likeness (QED) is 0.839. The van der Waals surface area contributed by atoms with Gasteiger partial charge < -0.3 is 14.4 Å². The number of ether oxygens (including phenoxy) is 2. The SMILES string of the molecule is Cc1ccncc1COC1CCOC2(C1)CN(C(=O)c1cscn1)C2. The molecule has 4 heterocycles. The van der Waals surface area contributed by atoms with Crippen molar-refractivity contribution in [2.24, 2.45) is 0 Å². The van der Waals surface area contributed by atoms with E-state index in [1.54, 1.807) is 17.1 Å². The number of hydrogen-bond donors (Lipinski definition) is 0. The first-order valence-corrected chi connectivity index (χ1v) is 9.42. The topological polar surface area (TPSA) is 64.6 Å². The number of carbonyl (C=O) groups excluding carboxylic acids is 1. The van der Waals surface area contributed by atoms with Crippen LogP contribution >= 0.6 is 11.3 Å². The molecule has 2 aromatic heterocycles. The second-order valence-electron chi connectivity index (χ2n) is 6.79. The van der Waals surface area contributed by atoms with Gasteiger partial charge in [0.2, 0.25) is 0 Å². The predicted octanol–water partition coefficient (Wildman–Crippen LogP) is 2.44. The number of nitrogens with zero attached hydrogens (tertiary/aromatic N) is 3. The van der Waals surface area contributed by atoms with Crippen LogP contribution in [-0.2, 0) is 16.1 Å². The van der Waals surface area contributed by atoms with Gasteiger partial charge in [0.05, 0.1) is 31.3 Å². The second-order valence-corrected chi connectivity index (χ2v) is 7.51. The van der Waals surface area contributed by atoms with Crippen LogP contribution in [0, 0.1) is 6.92 Å². The van der Waals surface area contributed by atoms with Crippen molar-refractivity contribution in [2.75, 3.05) is 19.7 Å². The van der Waals surface area contributed by atoms with E-state index in [-0.39, 0.29) is 17.6 Å². The van der Waals surface area contributed by atoms with Crippen LogP contribution < -0.4 is 0 Å². The lowest BCUT2D eigenvalue weighted by atomic mass is 9.84. The minimum Gasteiger partial charge on any atom is -0.373 e. The highest BCUT2D eigenvalue weighted by Gasteiger charge is 2.49. The normalized spacial score (nSPS) is 22.0. The fraction of sp³-hybridized carbons (Fsp3) is 0.500.